The highest BCUT2D eigenvalue weighted by atomic mass is 32.1. The summed E-state index contributed by atoms with van der Waals surface area (Å²) < 4.78 is 20.8. The van der Waals surface area contributed by atoms with Crippen molar-refractivity contribution < 1.29 is 14.1 Å². The third-order valence-corrected chi connectivity index (χ3v) is 6.93. The minimum absolute atomic E-state index is 0.0653. The Hall–Kier alpha value is -4.31. The number of aromatic nitrogens is 2. The summed E-state index contributed by atoms with van der Waals surface area (Å²) >= 11 is 5.75. The first-order valence-corrected chi connectivity index (χ1v) is 12.0. The third-order valence-electron chi connectivity index (χ3n) is 6.61. The molecule has 4 aromatic rings. The van der Waals surface area contributed by atoms with Crippen molar-refractivity contribution in [2.24, 2.45) is 0 Å². The van der Waals surface area contributed by atoms with Crippen LogP contribution in [0, 0.1) is 29.8 Å². The molecule has 0 unspecified atom stereocenters. The molecule has 2 aromatic heterocycles. The van der Waals surface area contributed by atoms with Crippen molar-refractivity contribution in [3.05, 3.63) is 112 Å². The molecular formula is C27H24FN5O3S. The van der Waals surface area contributed by atoms with Crippen molar-refractivity contribution in [1.29, 1.82) is 0 Å². The van der Waals surface area contributed by atoms with E-state index >= 15 is 0 Å². The van der Waals surface area contributed by atoms with Crippen molar-refractivity contribution in [1.82, 2.24) is 14.9 Å². The van der Waals surface area contributed by atoms with E-state index in [9.17, 15) is 14.5 Å². The van der Waals surface area contributed by atoms with Crippen molar-refractivity contribution in [2.45, 2.75) is 25.9 Å². The summed E-state index contributed by atoms with van der Waals surface area (Å²) in [5.74, 6) is 0.0609. The second-order valence-electron chi connectivity index (χ2n) is 8.75. The molecule has 0 amide bonds. The van der Waals surface area contributed by atoms with Crippen molar-refractivity contribution in [3.63, 3.8) is 0 Å². The maximum Gasteiger partial charge on any atom is 0.296 e. The Labute approximate surface area is 218 Å². The lowest BCUT2D eigenvalue weighted by molar-refractivity contribution is -0.384. The smallest absolute Gasteiger partial charge is 0.296 e. The van der Waals surface area contributed by atoms with Gasteiger partial charge in [0.2, 0.25) is 0 Å². The topological polar surface area (TPSA) is 85.5 Å². The van der Waals surface area contributed by atoms with Crippen LogP contribution in [0.3, 0.4) is 0 Å². The van der Waals surface area contributed by atoms with Crippen LogP contribution in [-0.2, 0) is 0 Å². The number of nitrogens with one attached hydrogen (secondary N) is 1. The normalized spacial score (nSPS) is 17.1. The molecule has 37 heavy (non-hydrogen) atoms. The molecule has 0 spiro atoms. The minimum atomic E-state index is -0.413. The number of nitro benzene ring substituents is 1. The van der Waals surface area contributed by atoms with Crippen LogP contribution in [0.15, 0.2) is 72.9 Å². The fraction of sp³-hybridized carbons (Fsp3) is 0.185. The zero-order chi connectivity index (χ0) is 26.3. The Morgan fingerprint density at radius 3 is 2.51 bits per heavy atom. The highest BCUT2D eigenvalue weighted by Gasteiger charge is 2.42. The van der Waals surface area contributed by atoms with Crippen LogP contribution in [0.5, 0.6) is 5.75 Å². The second kappa shape index (κ2) is 9.62. The number of nitro groups is 1. The number of pyridine rings is 1. The largest absolute Gasteiger partial charge is 0.496 e. The number of methoxy groups -OCH3 is 1. The van der Waals surface area contributed by atoms with E-state index in [0.29, 0.717) is 16.5 Å². The Kier molecular flexibility index (Phi) is 6.34. The van der Waals surface area contributed by atoms with Crippen molar-refractivity contribution in [2.75, 3.05) is 12.0 Å². The van der Waals surface area contributed by atoms with E-state index in [0.717, 1.165) is 28.3 Å². The summed E-state index contributed by atoms with van der Waals surface area (Å²) in [5.41, 5.74) is 4.43. The molecule has 10 heteroatoms. The number of hydrogen-bond acceptors (Lipinski definition) is 5. The van der Waals surface area contributed by atoms with E-state index in [1.165, 1.54) is 25.3 Å². The summed E-state index contributed by atoms with van der Waals surface area (Å²) in [6.07, 6.45) is 1.72. The van der Waals surface area contributed by atoms with Gasteiger partial charge in [-0.15, -0.1) is 0 Å². The maximum atomic E-state index is 13.8. The Morgan fingerprint density at radius 2 is 1.86 bits per heavy atom. The van der Waals surface area contributed by atoms with Gasteiger partial charge in [-0.25, -0.2) is 4.39 Å². The number of thiocarbonyl (C=S) groups is 1. The van der Waals surface area contributed by atoms with Crippen LogP contribution < -0.4 is 15.0 Å². The summed E-state index contributed by atoms with van der Waals surface area (Å²) in [6.45, 7) is 3.83. The first-order chi connectivity index (χ1) is 17.8. The van der Waals surface area contributed by atoms with Gasteiger partial charge in [-0.1, -0.05) is 6.07 Å². The van der Waals surface area contributed by atoms with Gasteiger partial charge in [-0.05, 0) is 86.2 Å². The fourth-order valence-corrected chi connectivity index (χ4v) is 5.32. The average molecular weight is 518 g/mol. The molecule has 3 heterocycles. The average Bonchev–Trinajstić information content (AvgIpc) is 3.39. The molecule has 1 N–H and O–H groups in total. The molecule has 1 saturated heterocycles. The third kappa shape index (κ3) is 4.29. The number of halogens is 1. The molecule has 8 nitrogen and oxygen atoms in total. The monoisotopic (exact) mass is 517 g/mol. The van der Waals surface area contributed by atoms with Crippen LogP contribution in [0.4, 0.5) is 15.8 Å². The number of aryl methyl sites for hydroxylation is 1. The predicted octanol–water partition coefficient (Wildman–Crippen LogP) is 5.72. The first-order valence-electron chi connectivity index (χ1n) is 11.6. The predicted molar refractivity (Wildman–Crippen MR) is 143 cm³/mol. The summed E-state index contributed by atoms with van der Waals surface area (Å²) in [4.78, 5) is 18.1. The second-order valence-corrected chi connectivity index (χ2v) is 9.13. The molecular weight excluding hydrogens is 493 g/mol. The van der Waals surface area contributed by atoms with Crippen LogP contribution in [-0.4, -0.2) is 26.7 Å². The van der Waals surface area contributed by atoms with Gasteiger partial charge in [0, 0.05) is 23.3 Å². The van der Waals surface area contributed by atoms with Gasteiger partial charge in [0.05, 0.1) is 35.9 Å². The first kappa shape index (κ1) is 24.4. The minimum Gasteiger partial charge on any atom is -0.496 e. The van der Waals surface area contributed by atoms with Gasteiger partial charge in [-0.2, -0.15) is 0 Å². The standard InChI is InChI=1S/C27H24FN5O3S/c1-16-14-21(17(2)31(16)23-12-11-20(36-3)15-24(23)33(34)35)26-25(22-6-4-5-13-29-22)30-27(37)32(26)19-9-7-18(28)8-10-19/h4-15,25-26H,1-3H3,(H,30,37)/t25-,26+/m0/s1. The maximum absolute atomic E-state index is 13.8. The molecule has 0 saturated carbocycles. The molecule has 1 aliphatic heterocycles. The molecule has 5 rings (SSSR count). The van der Waals surface area contributed by atoms with E-state index in [-0.39, 0.29) is 23.6 Å². The lowest BCUT2D eigenvalue weighted by atomic mass is 9.96. The Bertz CT molecular complexity index is 1490. The van der Waals surface area contributed by atoms with Gasteiger partial charge < -0.3 is 19.5 Å². The Morgan fingerprint density at radius 1 is 1.11 bits per heavy atom. The van der Waals surface area contributed by atoms with E-state index in [1.54, 1.807) is 30.5 Å². The van der Waals surface area contributed by atoms with Gasteiger partial charge in [0.15, 0.2) is 5.11 Å². The van der Waals surface area contributed by atoms with E-state index in [4.69, 9.17) is 17.0 Å². The lowest BCUT2D eigenvalue weighted by Gasteiger charge is -2.28. The summed E-state index contributed by atoms with van der Waals surface area (Å²) in [6, 6.07) is 18.0. The number of nitrogens with zero attached hydrogens (tertiary/aromatic N) is 4. The van der Waals surface area contributed by atoms with Crippen LogP contribution >= 0.6 is 12.2 Å². The van der Waals surface area contributed by atoms with E-state index in [2.05, 4.69) is 10.3 Å². The SMILES string of the molecule is COc1ccc(-n2c(C)cc([C@@H]3[C@H](c4ccccn4)NC(=S)N3c3ccc(F)cc3)c2C)c([N+](=O)[O-])c1. The summed E-state index contributed by atoms with van der Waals surface area (Å²) in [5, 5.41) is 15.8. The summed E-state index contributed by atoms with van der Waals surface area (Å²) in [7, 11) is 1.47. The van der Waals surface area contributed by atoms with Crippen LogP contribution in [0.2, 0.25) is 0 Å². The van der Waals surface area contributed by atoms with Gasteiger partial charge in [0.1, 0.15) is 17.3 Å². The molecule has 188 valence electrons. The quantitative estimate of drug-likeness (QED) is 0.199. The van der Waals surface area contributed by atoms with Crippen LogP contribution in [0.1, 0.15) is 34.7 Å². The van der Waals surface area contributed by atoms with Gasteiger partial charge in [-0.3, -0.25) is 15.1 Å². The molecule has 2 aromatic carbocycles. The fourth-order valence-electron chi connectivity index (χ4n) is 4.97. The van der Waals surface area contributed by atoms with Crippen molar-refractivity contribution >= 4 is 28.7 Å². The molecule has 0 bridgehead atoms. The number of benzene rings is 2. The van der Waals surface area contributed by atoms with Gasteiger partial charge in [0.25, 0.3) is 5.69 Å². The number of ether oxygens (including phenoxy) is 1. The molecule has 1 fully saturated rings. The van der Waals surface area contributed by atoms with Gasteiger partial charge >= 0.3 is 0 Å². The molecule has 0 aliphatic carbocycles. The van der Waals surface area contributed by atoms with Crippen molar-refractivity contribution in [3.8, 4) is 11.4 Å². The molecule has 1 aliphatic rings. The molecule has 0 radical (unpaired) electrons. The highest BCUT2D eigenvalue weighted by Crippen LogP contribution is 2.44. The number of anilines is 1. The zero-order valence-corrected chi connectivity index (χ0v) is 21.2. The number of rotatable bonds is 6. The van der Waals surface area contributed by atoms with E-state index < -0.39 is 4.92 Å². The zero-order valence-electron chi connectivity index (χ0n) is 20.4. The number of hydrogen-bond donors (Lipinski definition) is 1. The molecule has 2 atom stereocenters. The highest BCUT2D eigenvalue weighted by molar-refractivity contribution is 7.80. The lowest BCUT2D eigenvalue weighted by Crippen LogP contribution is -2.29. The van der Waals surface area contributed by atoms with E-state index in [1.807, 2.05) is 47.6 Å². The Balaban J connectivity index is 1.70. The van der Waals surface area contributed by atoms with Crippen LogP contribution in [0.25, 0.3) is 5.69 Å².